The average molecular weight is 275 g/mol. The van der Waals surface area contributed by atoms with Crippen molar-refractivity contribution in [3.8, 4) is 0 Å². The monoisotopic (exact) mass is 275 g/mol. The Morgan fingerprint density at radius 1 is 1.37 bits per heavy atom. The normalized spacial score (nSPS) is 13.9. The van der Waals surface area contributed by atoms with Gasteiger partial charge in [0.05, 0.1) is 17.4 Å². The quantitative estimate of drug-likeness (QED) is 0.842. The third kappa shape index (κ3) is 3.44. The summed E-state index contributed by atoms with van der Waals surface area (Å²) in [6.07, 6.45) is -3.95. The molecule has 0 bridgehead atoms. The van der Waals surface area contributed by atoms with Gasteiger partial charge in [0.15, 0.2) is 0 Å². The number of nitrogens with zero attached hydrogens (tertiary/aromatic N) is 1. The summed E-state index contributed by atoms with van der Waals surface area (Å²) >= 11 is 0. The van der Waals surface area contributed by atoms with Crippen LogP contribution < -0.4 is 5.32 Å². The molecule has 2 aromatic rings. The molecule has 0 unspecified atom stereocenters. The number of halogens is 4. The lowest BCUT2D eigenvalue weighted by Gasteiger charge is -2.15. The lowest BCUT2D eigenvalue weighted by Crippen LogP contribution is -2.36. The first kappa shape index (κ1) is 13.8. The van der Waals surface area contributed by atoms with Crippen LogP contribution in [0, 0.1) is 5.95 Å². The Kier molecular flexibility index (Phi) is 3.75. The van der Waals surface area contributed by atoms with E-state index < -0.39 is 24.7 Å². The minimum absolute atomic E-state index is 0.296. The van der Waals surface area contributed by atoms with Crippen LogP contribution in [0.3, 0.4) is 0 Å². The van der Waals surface area contributed by atoms with E-state index in [0.717, 1.165) is 0 Å². The first-order valence-electron chi connectivity index (χ1n) is 5.78. The molecule has 1 atom stereocenters. The highest BCUT2D eigenvalue weighted by molar-refractivity contribution is 5.82. The lowest BCUT2D eigenvalue weighted by molar-refractivity contribution is -0.126. The number of H-pyrrole nitrogens is 1. The molecule has 1 aromatic heterocycles. The van der Waals surface area contributed by atoms with E-state index in [1.165, 1.54) is 0 Å². The predicted octanol–water partition coefficient (Wildman–Crippen LogP) is 2.78. The minimum Gasteiger partial charge on any atom is -0.306 e. The van der Waals surface area contributed by atoms with Gasteiger partial charge < -0.3 is 5.32 Å². The van der Waals surface area contributed by atoms with Crippen molar-refractivity contribution >= 4 is 10.9 Å². The molecule has 104 valence electrons. The van der Waals surface area contributed by atoms with E-state index in [1.807, 2.05) is 0 Å². The molecule has 1 aromatic carbocycles. The fraction of sp³-hybridized carbons (Fsp3) is 0.417. The van der Waals surface area contributed by atoms with Crippen molar-refractivity contribution in [2.75, 3.05) is 6.54 Å². The third-order valence-electron chi connectivity index (χ3n) is 2.81. The fourth-order valence-corrected chi connectivity index (χ4v) is 1.96. The second-order valence-electron chi connectivity index (χ2n) is 4.46. The van der Waals surface area contributed by atoms with E-state index in [-0.39, 0.29) is 0 Å². The molecule has 0 aliphatic rings. The molecule has 2 rings (SSSR count). The Hall–Kier alpha value is -1.63. The summed E-state index contributed by atoms with van der Waals surface area (Å²) in [5.74, 6) is -0.631. The van der Waals surface area contributed by atoms with Crippen LogP contribution in [-0.4, -0.2) is 29.0 Å². The van der Waals surface area contributed by atoms with Crippen LogP contribution in [0.25, 0.3) is 10.9 Å². The van der Waals surface area contributed by atoms with Crippen molar-refractivity contribution in [1.29, 1.82) is 0 Å². The van der Waals surface area contributed by atoms with Crippen LogP contribution in [0.5, 0.6) is 0 Å². The van der Waals surface area contributed by atoms with Gasteiger partial charge in [-0.2, -0.15) is 17.6 Å². The molecule has 0 aliphatic carbocycles. The number of nitrogens with one attached hydrogen (secondary N) is 2. The maximum Gasteiger partial charge on any atom is 0.401 e. The number of fused-ring (bicyclic) bond motifs is 1. The molecule has 0 amide bonds. The average Bonchev–Trinajstić information content (AvgIpc) is 2.69. The Labute approximate surface area is 107 Å². The molecule has 3 nitrogen and oxygen atoms in total. The molecule has 19 heavy (non-hydrogen) atoms. The number of benzene rings is 1. The summed E-state index contributed by atoms with van der Waals surface area (Å²) in [7, 11) is 0. The van der Waals surface area contributed by atoms with Gasteiger partial charge in [-0.3, -0.25) is 5.10 Å². The first-order chi connectivity index (χ1) is 8.87. The molecular weight excluding hydrogens is 262 g/mol. The van der Waals surface area contributed by atoms with Gasteiger partial charge in [0.1, 0.15) is 0 Å². The maximum atomic E-state index is 13.5. The topological polar surface area (TPSA) is 40.7 Å². The predicted molar refractivity (Wildman–Crippen MR) is 63.3 cm³/mol. The van der Waals surface area contributed by atoms with Gasteiger partial charge in [-0.1, -0.05) is 12.1 Å². The Morgan fingerprint density at radius 2 is 2.11 bits per heavy atom. The van der Waals surface area contributed by atoms with Gasteiger partial charge in [0, 0.05) is 6.04 Å². The zero-order chi connectivity index (χ0) is 14.0. The van der Waals surface area contributed by atoms with Crippen molar-refractivity contribution in [1.82, 2.24) is 15.5 Å². The van der Waals surface area contributed by atoms with Gasteiger partial charge in [-0.25, -0.2) is 0 Å². The number of hydrogen-bond donors (Lipinski definition) is 2. The van der Waals surface area contributed by atoms with Crippen molar-refractivity contribution < 1.29 is 17.6 Å². The third-order valence-corrected chi connectivity index (χ3v) is 2.81. The molecule has 0 fully saturated rings. The molecule has 7 heteroatoms. The van der Waals surface area contributed by atoms with E-state index >= 15 is 0 Å². The molecule has 0 aliphatic heterocycles. The molecule has 0 saturated heterocycles. The van der Waals surface area contributed by atoms with Crippen LogP contribution in [-0.2, 0) is 6.42 Å². The molecule has 1 heterocycles. The lowest BCUT2D eigenvalue weighted by atomic mass is 10.0. The van der Waals surface area contributed by atoms with E-state index in [9.17, 15) is 17.6 Å². The number of rotatable bonds is 4. The minimum atomic E-state index is -4.25. The zero-order valence-electron chi connectivity index (χ0n) is 10.2. The van der Waals surface area contributed by atoms with Gasteiger partial charge in [0.25, 0.3) is 0 Å². The summed E-state index contributed by atoms with van der Waals surface area (Å²) in [6, 6.07) is 4.66. The smallest absolute Gasteiger partial charge is 0.306 e. The molecular formula is C12H13F4N3. The van der Waals surface area contributed by atoms with Crippen molar-refractivity contribution in [3.63, 3.8) is 0 Å². The summed E-state index contributed by atoms with van der Waals surface area (Å²) < 4.78 is 49.7. The largest absolute Gasteiger partial charge is 0.401 e. The van der Waals surface area contributed by atoms with Crippen molar-refractivity contribution in [2.45, 2.75) is 25.6 Å². The summed E-state index contributed by atoms with van der Waals surface area (Å²) in [6.45, 7) is 0.570. The van der Waals surface area contributed by atoms with Crippen LogP contribution in [0.1, 0.15) is 12.5 Å². The number of alkyl halides is 3. The highest BCUT2D eigenvalue weighted by Crippen LogP contribution is 2.21. The molecule has 2 N–H and O–H groups in total. The SMILES string of the molecule is C[C@H](Cc1cccc2[nH]nc(F)c12)NCC(F)(F)F. The Morgan fingerprint density at radius 3 is 2.79 bits per heavy atom. The Bertz CT molecular complexity index is 562. The standard InChI is InChI=1S/C12H13F4N3/c1-7(17-6-12(14,15)16)5-8-3-2-4-9-10(8)11(13)19-18-9/h2-4,7,17H,5-6H2,1H3,(H,18,19)/t7-/m1/s1. The second-order valence-corrected chi connectivity index (χ2v) is 4.46. The van der Waals surface area contributed by atoms with Gasteiger partial charge >= 0.3 is 6.18 Å². The van der Waals surface area contributed by atoms with Crippen LogP contribution in [0.15, 0.2) is 18.2 Å². The number of hydrogen-bond acceptors (Lipinski definition) is 2. The van der Waals surface area contributed by atoms with E-state index in [0.29, 0.717) is 22.9 Å². The second kappa shape index (κ2) is 5.16. The molecule has 0 saturated carbocycles. The number of aromatic nitrogens is 2. The van der Waals surface area contributed by atoms with Gasteiger partial charge in [0.2, 0.25) is 5.95 Å². The van der Waals surface area contributed by atoms with E-state index in [2.05, 4.69) is 15.5 Å². The van der Waals surface area contributed by atoms with Crippen LogP contribution in [0.4, 0.5) is 17.6 Å². The van der Waals surface area contributed by atoms with Gasteiger partial charge in [-0.15, -0.1) is 5.10 Å². The first-order valence-corrected chi connectivity index (χ1v) is 5.78. The highest BCUT2D eigenvalue weighted by atomic mass is 19.4. The van der Waals surface area contributed by atoms with Crippen LogP contribution >= 0.6 is 0 Å². The summed E-state index contributed by atoms with van der Waals surface area (Å²) in [5, 5.41) is 8.69. The fourth-order valence-electron chi connectivity index (χ4n) is 1.96. The van der Waals surface area contributed by atoms with E-state index in [1.54, 1.807) is 25.1 Å². The van der Waals surface area contributed by atoms with Gasteiger partial charge in [-0.05, 0) is 25.0 Å². The maximum absolute atomic E-state index is 13.5. The van der Waals surface area contributed by atoms with E-state index in [4.69, 9.17) is 0 Å². The summed E-state index contributed by atoms with van der Waals surface area (Å²) in [4.78, 5) is 0. The number of aromatic amines is 1. The Balaban J connectivity index is 2.11. The molecule has 0 spiro atoms. The van der Waals surface area contributed by atoms with Crippen LogP contribution in [0.2, 0.25) is 0 Å². The summed E-state index contributed by atoms with van der Waals surface area (Å²) in [5.41, 5.74) is 1.17. The molecule has 0 radical (unpaired) electrons. The van der Waals surface area contributed by atoms with Crippen molar-refractivity contribution in [2.24, 2.45) is 0 Å². The van der Waals surface area contributed by atoms with Crippen molar-refractivity contribution in [3.05, 3.63) is 29.7 Å². The zero-order valence-corrected chi connectivity index (χ0v) is 10.2. The highest BCUT2D eigenvalue weighted by Gasteiger charge is 2.27.